The summed E-state index contributed by atoms with van der Waals surface area (Å²) in [6.07, 6.45) is 1.12. The van der Waals surface area contributed by atoms with Gasteiger partial charge in [0.05, 0.1) is 6.54 Å². The fourth-order valence-corrected chi connectivity index (χ4v) is 3.23. The molecule has 0 radical (unpaired) electrons. The topological polar surface area (TPSA) is 76.3 Å². The van der Waals surface area contributed by atoms with E-state index in [1.807, 2.05) is 24.9 Å². The first-order valence-corrected chi connectivity index (χ1v) is 9.61. The molecule has 0 spiro atoms. The van der Waals surface area contributed by atoms with E-state index < -0.39 is 9.84 Å². The van der Waals surface area contributed by atoms with Crippen molar-refractivity contribution < 1.29 is 12.9 Å². The number of aromatic nitrogens is 2. The second-order valence-electron chi connectivity index (χ2n) is 5.43. The molecule has 0 saturated heterocycles. The molecule has 0 amide bonds. The van der Waals surface area contributed by atoms with Gasteiger partial charge < -0.3 is 4.52 Å². The largest absolute Gasteiger partial charge is 0.338 e. The molecule has 2 aromatic rings. The van der Waals surface area contributed by atoms with Gasteiger partial charge in [-0.2, -0.15) is 4.98 Å². The molecule has 1 heterocycles. The Balaban J connectivity index is 2.08. The zero-order valence-corrected chi connectivity index (χ0v) is 15.3. The zero-order chi connectivity index (χ0) is 17.2. The molecular formula is C14H17Cl2N3O3S. The van der Waals surface area contributed by atoms with Crippen LogP contribution >= 0.6 is 23.2 Å². The first-order chi connectivity index (χ1) is 10.7. The van der Waals surface area contributed by atoms with Crippen LogP contribution in [0.15, 0.2) is 22.7 Å². The van der Waals surface area contributed by atoms with Crippen LogP contribution in [-0.2, 0) is 22.1 Å². The predicted molar refractivity (Wildman–Crippen MR) is 89.2 cm³/mol. The van der Waals surface area contributed by atoms with Crippen molar-refractivity contribution in [2.45, 2.75) is 25.3 Å². The van der Waals surface area contributed by atoms with E-state index in [1.54, 1.807) is 12.1 Å². The maximum absolute atomic E-state index is 11.2. The van der Waals surface area contributed by atoms with Crippen molar-refractivity contribution in [2.75, 3.05) is 13.3 Å². The summed E-state index contributed by atoms with van der Waals surface area (Å²) >= 11 is 12.1. The van der Waals surface area contributed by atoms with Crippen LogP contribution < -0.4 is 0 Å². The van der Waals surface area contributed by atoms with Crippen molar-refractivity contribution in [1.82, 2.24) is 15.0 Å². The minimum absolute atomic E-state index is 0.00924. The van der Waals surface area contributed by atoms with Crippen molar-refractivity contribution in [1.29, 1.82) is 0 Å². The number of hydrogen-bond acceptors (Lipinski definition) is 6. The molecule has 0 aliphatic heterocycles. The smallest absolute Gasteiger partial charge is 0.240 e. The van der Waals surface area contributed by atoms with E-state index in [9.17, 15) is 8.42 Å². The van der Waals surface area contributed by atoms with E-state index in [0.717, 1.165) is 11.8 Å². The average Bonchev–Trinajstić information content (AvgIpc) is 2.82. The van der Waals surface area contributed by atoms with Crippen molar-refractivity contribution in [3.63, 3.8) is 0 Å². The second-order valence-corrected chi connectivity index (χ2v) is 8.42. The van der Waals surface area contributed by atoms with Gasteiger partial charge in [0, 0.05) is 22.3 Å². The fraction of sp³-hybridized carbons (Fsp3) is 0.429. The highest BCUT2D eigenvalue weighted by Crippen LogP contribution is 2.29. The van der Waals surface area contributed by atoms with E-state index in [2.05, 4.69) is 10.1 Å². The van der Waals surface area contributed by atoms with E-state index in [-0.39, 0.29) is 17.6 Å². The highest BCUT2D eigenvalue weighted by atomic mass is 35.5. The maximum Gasteiger partial charge on any atom is 0.240 e. The number of hydrogen-bond donors (Lipinski definition) is 0. The molecule has 0 saturated carbocycles. The van der Waals surface area contributed by atoms with Gasteiger partial charge in [-0.15, -0.1) is 0 Å². The molecule has 1 aromatic carbocycles. The van der Waals surface area contributed by atoms with E-state index in [0.29, 0.717) is 22.5 Å². The highest BCUT2D eigenvalue weighted by Gasteiger charge is 2.19. The molecule has 126 valence electrons. The first-order valence-electron chi connectivity index (χ1n) is 6.80. The quantitative estimate of drug-likeness (QED) is 0.769. The standard InChI is InChI=1S/C14H17Cl2N3O3S/c1-9(11-5-4-10(15)6-12(11)16)19(2)7-14-17-13(18-22-14)8-23(3,20)21/h4-6,9H,7-8H2,1-3H3/t9-/m0/s1. The normalized spacial score (nSPS) is 13.5. The molecule has 0 aliphatic rings. The molecule has 23 heavy (non-hydrogen) atoms. The van der Waals surface area contributed by atoms with E-state index in [1.165, 1.54) is 0 Å². The van der Waals surface area contributed by atoms with E-state index >= 15 is 0 Å². The van der Waals surface area contributed by atoms with Crippen LogP contribution in [0.25, 0.3) is 0 Å². The number of benzene rings is 1. The molecule has 2 rings (SSSR count). The Morgan fingerprint density at radius 2 is 2.04 bits per heavy atom. The number of halogens is 2. The van der Waals surface area contributed by atoms with Crippen molar-refractivity contribution in [2.24, 2.45) is 0 Å². The van der Waals surface area contributed by atoms with Crippen LogP contribution in [0.4, 0.5) is 0 Å². The minimum Gasteiger partial charge on any atom is -0.338 e. The number of sulfone groups is 1. The predicted octanol–water partition coefficient (Wildman–Crippen LogP) is 3.11. The van der Waals surface area contributed by atoms with Crippen LogP contribution in [0, 0.1) is 0 Å². The van der Waals surface area contributed by atoms with Gasteiger partial charge >= 0.3 is 0 Å². The zero-order valence-electron chi connectivity index (χ0n) is 13.0. The Morgan fingerprint density at radius 3 is 2.65 bits per heavy atom. The monoisotopic (exact) mass is 377 g/mol. The van der Waals surface area contributed by atoms with Crippen LogP contribution in [0.3, 0.4) is 0 Å². The molecule has 1 aromatic heterocycles. The van der Waals surface area contributed by atoms with Crippen LogP contribution in [0.1, 0.15) is 30.2 Å². The fourth-order valence-electron chi connectivity index (χ4n) is 2.08. The summed E-state index contributed by atoms with van der Waals surface area (Å²) in [5.41, 5.74) is 0.925. The average molecular weight is 378 g/mol. The van der Waals surface area contributed by atoms with Gasteiger partial charge in [-0.05, 0) is 31.7 Å². The maximum atomic E-state index is 11.2. The third-order valence-corrected chi connectivity index (χ3v) is 4.70. The number of nitrogens with zero attached hydrogens (tertiary/aromatic N) is 3. The molecule has 0 N–H and O–H groups in total. The molecule has 6 nitrogen and oxygen atoms in total. The minimum atomic E-state index is -3.19. The molecule has 0 bridgehead atoms. The first kappa shape index (κ1) is 18.2. The lowest BCUT2D eigenvalue weighted by Gasteiger charge is -2.24. The van der Waals surface area contributed by atoms with Gasteiger partial charge in [-0.25, -0.2) is 8.42 Å². The summed E-state index contributed by atoms with van der Waals surface area (Å²) in [5.74, 6) is 0.273. The Morgan fingerprint density at radius 1 is 1.35 bits per heavy atom. The third-order valence-electron chi connectivity index (χ3n) is 3.36. The van der Waals surface area contributed by atoms with Gasteiger partial charge in [0.15, 0.2) is 15.7 Å². The van der Waals surface area contributed by atoms with Gasteiger partial charge in [0.1, 0.15) is 5.75 Å². The summed E-state index contributed by atoms with van der Waals surface area (Å²) < 4.78 is 27.6. The Labute approximate surface area is 145 Å². The van der Waals surface area contributed by atoms with Gasteiger partial charge in [0.25, 0.3) is 0 Å². The second kappa shape index (κ2) is 7.17. The summed E-state index contributed by atoms with van der Waals surface area (Å²) in [7, 11) is -1.30. The molecule has 0 unspecified atom stereocenters. The lowest BCUT2D eigenvalue weighted by Crippen LogP contribution is -2.22. The summed E-state index contributed by atoms with van der Waals surface area (Å²) in [4.78, 5) is 6.06. The Bertz CT molecular complexity index is 792. The molecule has 0 aliphatic carbocycles. The van der Waals surface area contributed by atoms with Crippen LogP contribution in [0.5, 0.6) is 0 Å². The summed E-state index contributed by atoms with van der Waals surface area (Å²) in [5, 5.41) is 4.84. The highest BCUT2D eigenvalue weighted by molar-refractivity contribution is 7.89. The Kier molecular flexibility index (Phi) is 5.67. The summed E-state index contributed by atoms with van der Waals surface area (Å²) in [6.45, 7) is 2.36. The van der Waals surface area contributed by atoms with E-state index in [4.69, 9.17) is 27.7 Å². The molecular weight excluding hydrogens is 361 g/mol. The van der Waals surface area contributed by atoms with Crippen molar-refractivity contribution >= 4 is 33.0 Å². The molecule has 9 heteroatoms. The van der Waals surface area contributed by atoms with Gasteiger partial charge in [-0.3, -0.25) is 4.90 Å². The van der Waals surface area contributed by atoms with Gasteiger partial charge in [-0.1, -0.05) is 34.4 Å². The number of rotatable bonds is 6. The SMILES string of the molecule is C[C@@H](c1ccc(Cl)cc1Cl)N(C)Cc1nc(CS(C)(=O)=O)no1. The molecule has 0 fully saturated rings. The van der Waals surface area contributed by atoms with Crippen molar-refractivity contribution in [3.05, 3.63) is 45.5 Å². The Hall–Kier alpha value is -1.15. The van der Waals surface area contributed by atoms with Crippen molar-refractivity contribution in [3.8, 4) is 0 Å². The third kappa shape index (κ3) is 5.17. The van der Waals surface area contributed by atoms with Crippen LogP contribution in [-0.4, -0.2) is 36.8 Å². The molecule has 1 atom stereocenters. The van der Waals surface area contributed by atoms with Crippen LogP contribution in [0.2, 0.25) is 10.0 Å². The summed E-state index contributed by atoms with van der Waals surface area (Å²) in [6, 6.07) is 5.34. The van der Waals surface area contributed by atoms with Gasteiger partial charge in [0.2, 0.25) is 5.89 Å². The lowest BCUT2D eigenvalue weighted by molar-refractivity contribution is 0.216. The lowest BCUT2D eigenvalue weighted by atomic mass is 10.1.